The number of para-hydroxylation sites is 1. The molecule has 3 aromatic rings. The maximum Gasteiger partial charge on any atom is 0.328 e. The van der Waals surface area contributed by atoms with E-state index in [-0.39, 0.29) is 18.9 Å². The number of H-pyrrole nitrogens is 1. The Morgan fingerprint density at radius 1 is 1.13 bits per heavy atom. The van der Waals surface area contributed by atoms with Crippen molar-refractivity contribution in [2.45, 2.75) is 19.4 Å². The Morgan fingerprint density at radius 2 is 1.83 bits per heavy atom. The van der Waals surface area contributed by atoms with E-state index in [2.05, 4.69) is 26.2 Å². The standard InChI is InChI=1S/C21H22BrN3O5/c1-29-17-11-13(15(22)12-18(17)30-2)7-9-23-19(26)8-10-25-16-6-4-3-5-14(16)20(27)24-21(25)28/h3-6,11-12H,7-10H2,1-2H3,(H,23,26)(H,24,27,28). The van der Waals surface area contributed by atoms with Gasteiger partial charge in [0.25, 0.3) is 5.56 Å². The van der Waals surface area contributed by atoms with E-state index in [1.165, 1.54) is 4.57 Å². The van der Waals surface area contributed by atoms with Gasteiger partial charge in [-0.15, -0.1) is 0 Å². The molecule has 0 atom stereocenters. The van der Waals surface area contributed by atoms with Gasteiger partial charge in [0.1, 0.15) is 0 Å². The molecule has 0 fully saturated rings. The van der Waals surface area contributed by atoms with Crippen LogP contribution in [-0.4, -0.2) is 36.2 Å². The van der Waals surface area contributed by atoms with Crippen molar-refractivity contribution in [1.82, 2.24) is 14.9 Å². The molecule has 0 saturated carbocycles. The first-order valence-electron chi connectivity index (χ1n) is 9.33. The zero-order valence-electron chi connectivity index (χ0n) is 16.7. The van der Waals surface area contributed by atoms with Gasteiger partial charge in [-0.05, 0) is 36.2 Å². The van der Waals surface area contributed by atoms with Gasteiger partial charge in [0.15, 0.2) is 11.5 Å². The smallest absolute Gasteiger partial charge is 0.328 e. The average molecular weight is 476 g/mol. The van der Waals surface area contributed by atoms with Crippen molar-refractivity contribution < 1.29 is 14.3 Å². The van der Waals surface area contributed by atoms with Gasteiger partial charge in [0, 0.05) is 24.0 Å². The van der Waals surface area contributed by atoms with E-state index in [9.17, 15) is 14.4 Å². The average Bonchev–Trinajstić information content (AvgIpc) is 2.74. The first-order chi connectivity index (χ1) is 14.4. The van der Waals surface area contributed by atoms with Crippen LogP contribution in [0.25, 0.3) is 10.9 Å². The highest BCUT2D eigenvalue weighted by Crippen LogP contribution is 2.33. The van der Waals surface area contributed by atoms with Crippen LogP contribution in [0.1, 0.15) is 12.0 Å². The van der Waals surface area contributed by atoms with Crippen molar-refractivity contribution in [3.8, 4) is 11.5 Å². The lowest BCUT2D eigenvalue weighted by atomic mass is 10.1. The SMILES string of the molecule is COc1cc(Br)c(CCNC(=O)CCn2c(=O)[nH]c(=O)c3ccccc32)cc1OC. The van der Waals surface area contributed by atoms with Gasteiger partial charge in [-0.25, -0.2) is 4.79 Å². The van der Waals surface area contributed by atoms with E-state index in [0.717, 1.165) is 10.0 Å². The van der Waals surface area contributed by atoms with E-state index in [1.54, 1.807) is 38.5 Å². The predicted molar refractivity (Wildman–Crippen MR) is 117 cm³/mol. The minimum atomic E-state index is -0.527. The summed E-state index contributed by atoms with van der Waals surface area (Å²) in [6, 6.07) is 10.5. The first kappa shape index (κ1) is 21.6. The summed E-state index contributed by atoms with van der Waals surface area (Å²) in [6.45, 7) is 0.593. The second-order valence-corrected chi connectivity index (χ2v) is 7.43. The number of hydrogen-bond donors (Lipinski definition) is 2. The fourth-order valence-corrected chi connectivity index (χ4v) is 3.71. The first-order valence-corrected chi connectivity index (χ1v) is 10.1. The lowest BCUT2D eigenvalue weighted by Crippen LogP contribution is -2.33. The molecule has 0 saturated heterocycles. The van der Waals surface area contributed by atoms with Crippen molar-refractivity contribution in [1.29, 1.82) is 0 Å². The summed E-state index contributed by atoms with van der Waals surface area (Å²) in [7, 11) is 3.14. The predicted octanol–water partition coefficient (Wildman–Crippen LogP) is 2.22. The second kappa shape index (κ2) is 9.62. The molecule has 2 aromatic carbocycles. The Kier molecular flexibility index (Phi) is 6.94. The molecule has 0 radical (unpaired) electrons. The number of aromatic amines is 1. The molecule has 1 amide bonds. The largest absolute Gasteiger partial charge is 0.493 e. The summed E-state index contributed by atoms with van der Waals surface area (Å²) in [5, 5.41) is 3.27. The third kappa shape index (κ3) is 4.73. The number of carbonyl (C=O) groups is 1. The molecule has 30 heavy (non-hydrogen) atoms. The molecule has 3 rings (SSSR count). The number of hydrogen-bond acceptors (Lipinski definition) is 5. The van der Waals surface area contributed by atoms with Gasteiger partial charge in [-0.1, -0.05) is 28.1 Å². The molecule has 8 nitrogen and oxygen atoms in total. The third-order valence-corrected chi connectivity index (χ3v) is 5.47. The Morgan fingerprint density at radius 3 is 2.57 bits per heavy atom. The third-order valence-electron chi connectivity index (χ3n) is 4.74. The summed E-state index contributed by atoms with van der Waals surface area (Å²) < 4.78 is 12.8. The van der Waals surface area contributed by atoms with Crippen molar-refractivity contribution in [3.05, 3.63) is 67.3 Å². The van der Waals surface area contributed by atoms with Gasteiger partial charge < -0.3 is 14.8 Å². The molecule has 0 aliphatic heterocycles. The fourth-order valence-electron chi connectivity index (χ4n) is 3.19. The molecule has 158 valence electrons. The van der Waals surface area contributed by atoms with E-state index in [0.29, 0.717) is 35.4 Å². The van der Waals surface area contributed by atoms with E-state index >= 15 is 0 Å². The van der Waals surface area contributed by atoms with Crippen molar-refractivity contribution in [3.63, 3.8) is 0 Å². The van der Waals surface area contributed by atoms with Crippen LogP contribution in [0.5, 0.6) is 11.5 Å². The Balaban J connectivity index is 1.61. The zero-order chi connectivity index (χ0) is 21.7. The number of benzene rings is 2. The number of halogens is 1. The number of aryl methyl sites for hydroxylation is 1. The van der Waals surface area contributed by atoms with Crippen LogP contribution in [-0.2, 0) is 17.8 Å². The number of amides is 1. The molecular formula is C21H22BrN3O5. The molecule has 0 spiro atoms. The molecule has 0 aliphatic rings. The number of ether oxygens (including phenoxy) is 2. The van der Waals surface area contributed by atoms with Crippen LogP contribution < -0.4 is 26.0 Å². The van der Waals surface area contributed by atoms with Crippen molar-refractivity contribution in [2.75, 3.05) is 20.8 Å². The molecule has 1 aromatic heterocycles. The molecule has 0 aliphatic carbocycles. The van der Waals surface area contributed by atoms with E-state index in [4.69, 9.17) is 9.47 Å². The Hall–Kier alpha value is -3.07. The van der Waals surface area contributed by atoms with Gasteiger partial charge >= 0.3 is 5.69 Å². The molecule has 0 unspecified atom stereocenters. The summed E-state index contributed by atoms with van der Waals surface area (Å²) in [5.74, 6) is 1.05. The number of aromatic nitrogens is 2. The highest BCUT2D eigenvalue weighted by molar-refractivity contribution is 9.10. The molecule has 9 heteroatoms. The fraction of sp³-hybridized carbons (Fsp3) is 0.286. The summed E-state index contributed by atoms with van der Waals surface area (Å²) in [6.07, 6.45) is 0.706. The lowest BCUT2D eigenvalue weighted by molar-refractivity contribution is -0.121. The van der Waals surface area contributed by atoms with Crippen LogP contribution in [0.4, 0.5) is 0 Å². The van der Waals surface area contributed by atoms with Gasteiger partial charge in [-0.2, -0.15) is 0 Å². The number of methoxy groups -OCH3 is 2. The molecule has 1 heterocycles. The monoisotopic (exact) mass is 475 g/mol. The van der Waals surface area contributed by atoms with Gasteiger partial charge in [-0.3, -0.25) is 19.1 Å². The summed E-state index contributed by atoms with van der Waals surface area (Å²) in [4.78, 5) is 38.6. The maximum absolute atomic E-state index is 12.3. The highest BCUT2D eigenvalue weighted by Gasteiger charge is 2.11. The maximum atomic E-state index is 12.3. The van der Waals surface area contributed by atoms with Gasteiger partial charge in [0.05, 0.1) is 25.1 Å². The van der Waals surface area contributed by atoms with Crippen LogP contribution in [0.15, 0.2) is 50.5 Å². The number of nitrogens with one attached hydrogen (secondary N) is 2. The van der Waals surface area contributed by atoms with Crippen LogP contribution in [0.3, 0.4) is 0 Å². The van der Waals surface area contributed by atoms with Crippen LogP contribution >= 0.6 is 15.9 Å². The molecule has 0 bridgehead atoms. The number of nitrogens with zero attached hydrogens (tertiary/aromatic N) is 1. The van der Waals surface area contributed by atoms with E-state index in [1.807, 2.05) is 12.1 Å². The topological polar surface area (TPSA) is 102 Å². The van der Waals surface area contributed by atoms with E-state index < -0.39 is 11.2 Å². The number of carbonyl (C=O) groups excluding carboxylic acids is 1. The molecule has 2 N–H and O–H groups in total. The number of rotatable bonds is 8. The lowest BCUT2D eigenvalue weighted by Gasteiger charge is -2.13. The number of fused-ring (bicyclic) bond motifs is 1. The van der Waals surface area contributed by atoms with Crippen molar-refractivity contribution >= 4 is 32.7 Å². The minimum Gasteiger partial charge on any atom is -0.493 e. The summed E-state index contributed by atoms with van der Waals surface area (Å²) in [5.41, 5.74) is 0.515. The second-order valence-electron chi connectivity index (χ2n) is 6.58. The summed E-state index contributed by atoms with van der Waals surface area (Å²) >= 11 is 3.50. The van der Waals surface area contributed by atoms with Crippen molar-refractivity contribution in [2.24, 2.45) is 0 Å². The van der Waals surface area contributed by atoms with Crippen LogP contribution in [0, 0.1) is 0 Å². The quantitative estimate of drug-likeness (QED) is 0.519. The molecular weight excluding hydrogens is 454 g/mol. The Labute approximate surface area is 181 Å². The minimum absolute atomic E-state index is 0.114. The Bertz CT molecular complexity index is 1190. The van der Waals surface area contributed by atoms with Gasteiger partial charge in [0.2, 0.25) is 5.91 Å². The van der Waals surface area contributed by atoms with Crippen LogP contribution in [0.2, 0.25) is 0 Å². The highest BCUT2D eigenvalue weighted by atomic mass is 79.9. The normalized spacial score (nSPS) is 10.8. The zero-order valence-corrected chi connectivity index (χ0v) is 18.2.